The molecular weight excluding hydrogens is 153 g/mol. The highest BCUT2D eigenvalue weighted by Crippen LogP contribution is 2.12. The second-order valence-electron chi connectivity index (χ2n) is 1.90. The van der Waals surface area contributed by atoms with Crippen LogP contribution in [0, 0.1) is 29.8 Å². The Morgan fingerprint density at radius 1 is 1.09 bits per heavy atom. The van der Waals surface area contributed by atoms with Crippen molar-refractivity contribution in [3.63, 3.8) is 0 Å². The van der Waals surface area contributed by atoms with Crippen LogP contribution in [0.2, 0.25) is 0 Å². The van der Waals surface area contributed by atoms with E-state index >= 15 is 0 Å². The van der Waals surface area contributed by atoms with Gasteiger partial charge in [-0.05, 0) is 12.1 Å². The Hall–Kier alpha value is -1.43. The molecule has 3 heteroatoms. The van der Waals surface area contributed by atoms with Gasteiger partial charge in [0, 0.05) is 5.56 Å². The molecule has 0 saturated carbocycles. The van der Waals surface area contributed by atoms with Crippen molar-refractivity contribution < 1.29 is 13.2 Å². The predicted molar refractivity (Wildman–Crippen MR) is 34.3 cm³/mol. The predicted octanol–water partition coefficient (Wildman–Crippen LogP) is 2.09. The number of hydrogen-bond acceptors (Lipinski definition) is 0. The summed E-state index contributed by atoms with van der Waals surface area (Å²) in [5.41, 5.74) is -0.0126. The molecular formula is C8H3F3. The van der Waals surface area contributed by atoms with E-state index in [0.717, 1.165) is 12.1 Å². The van der Waals surface area contributed by atoms with Gasteiger partial charge >= 0.3 is 0 Å². The summed E-state index contributed by atoms with van der Waals surface area (Å²) in [4.78, 5) is 0. The number of rotatable bonds is 0. The molecule has 0 aliphatic heterocycles. The lowest BCUT2D eigenvalue weighted by Gasteiger charge is -1.94. The minimum absolute atomic E-state index is 0.0126. The van der Waals surface area contributed by atoms with Gasteiger partial charge in [-0.15, -0.1) is 6.42 Å². The SMILES string of the molecule is C#Cc1cc(F)c(F)c(F)c1. The van der Waals surface area contributed by atoms with Crippen LogP contribution in [0.1, 0.15) is 5.56 Å². The van der Waals surface area contributed by atoms with Gasteiger partial charge in [0.15, 0.2) is 17.5 Å². The molecule has 0 spiro atoms. The van der Waals surface area contributed by atoms with Crippen molar-refractivity contribution in [2.24, 2.45) is 0 Å². The first kappa shape index (κ1) is 7.67. The van der Waals surface area contributed by atoms with Crippen LogP contribution >= 0.6 is 0 Å². The average Bonchev–Trinajstić information content (AvgIpc) is 1.99. The van der Waals surface area contributed by atoms with Crippen LogP contribution < -0.4 is 0 Å². The van der Waals surface area contributed by atoms with E-state index < -0.39 is 17.5 Å². The normalized spacial score (nSPS) is 9.27. The highest BCUT2D eigenvalue weighted by Gasteiger charge is 2.08. The summed E-state index contributed by atoms with van der Waals surface area (Å²) in [6.45, 7) is 0. The zero-order valence-corrected chi connectivity index (χ0v) is 5.37. The molecule has 0 nitrogen and oxygen atoms in total. The molecule has 0 heterocycles. The topological polar surface area (TPSA) is 0 Å². The number of hydrogen-bond donors (Lipinski definition) is 0. The summed E-state index contributed by atoms with van der Waals surface area (Å²) in [7, 11) is 0. The van der Waals surface area contributed by atoms with E-state index in [2.05, 4.69) is 0 Å². The molecule has 1 rings (SSSR count). The molecule has 0 aliphatic carbocycles. The molecule has 0 saturated heterocycles. The fraction of sp³-hybridized carbons (Fsp3) is 0. The first-order chi connectivity index (χ1) is 5.15. The zero-order valence-electron chi connectivity index (χ0n) is 5.37. The van der Waals surface area contributed by atoms with Crippen molar-refractivity contribution in [3.8, 4) is 12.3 Å². The van der Waals surface area contributed by atoms with Crippen LogP contribution in [0.4, 0.5) is 13.2 Å². The van der Waals surface area contributed by atoms with Crippen LogP contribution in [-0.4, -0.2) is 0 Å². The molecule has 0 unspecified atom stereocenters. The molecule has 1 aromatic rings. The van der Waals surface area contributed by atoms with E-state index in [1.165, 1.54) is 0 Å². The van der Waals surface area contributed by atoms with E-state index in [9.17, 15) is 13.2 Å². The Labute approximate surface area is 61.7 Å². The smallest absolute Gasteiger partial charge is 0.194 e. The van der Waals surface area contributed by atoms with E-state index in [4.69, 9.17) is 6.42 Å². The lowest BCUT2D eigenvalue weighted by atomic mass is 10.2. The third kappa shape index (κ3) is 1.35. The van der Waals surface area contributed by atoms with Gasteiger partial charge in [-0.2, -0.15) is 0 Å². The summed E-state index contributed by atoms with van der Waals surface area (Å²) >= 11 is 0. The third-order valence-electron chi connectivity index (χ3n) is 1.15. The van der Waals surface area contributed by atoms with Crippen molar-refractivity contribution in [2.75, 3.05) is 0 Å². The van der Waals surface area contributed by atoms with E-state index in [1.807, 2.05) is 5.92 Å². The van der Waals surface area contributed by atoms with Crippen LogP contribution in [0.15, 0.2) is 12.1 Å². The number of terminal acetylenes is 1. The maximum atomic E-state index is 12.3. The van der Waals surface area contributed by atoms with Crippen molar-refractivity contribution in [1.29, 1.82) is 0 Å². The van der Waals surface area contributed by atoms with Crippen molar-refractivity contribution in [3.05, 3.63) is 35.1 Å². The zero-order chi connectivity index (χ0) is 8.43. The highest BCUT2D eigenvalue weighted by molar-refractivity contribution is 5.33. The van der Waals surface area contributed by atoms with E-state index in [-0.39, 0.29) is 5.56 Å². The van der Waals surface area contributed by atoms with Crippen LogP contribution in [0.5, 0.6) is 0 Å². The summed E-state index contributed by atoms with van der Waals surface area (Å²) in [5.74, 6) is -2.04. The Bertz CT molecular complexity index is 300. The molecule has 0 aliphatic rings. The van der Waals surface area contributed by atoms with E-state index in [1.54, 1.807) is 0 Å². The Morgan fingerprint density at radius 3 is 1.91 bits per heavy atom. The van der Waals surface area contributed by atoms with Gasteiger partial charge < -0.3 is 0 Å². The molecule has 0 radical (unpaired) electrons. The van der Waals surface area contributed by atoms with E-state index in [0.29, 0.717) is 0 Å². The second kappa shape index (κ2) is 2.67. The van der Waals surface area contributed by atoms with Crippen LogP contribution in [0.25, 0.3) is 0 Å². The summed E-state index contributed by atoms with van der Waals surface area (Å²) in [5, 5.41) is 0. The molecule has 56 valence electrons. The maximum Gasteiger partial charge on any atom is 0.194 e. The monoisotopic (exact) mass is 156 g/mol. The minimum Gasteiger partial charge on any atom is -0.204 e. The third-order valence-corrected chi connectivity index (χ3v) is 1.15. The average molecular weight is 156 g/mol. The quantitative estimate of drug-likeness (QED) is 0.398. The van der Waals surface area contributed by atoms with Gasteiger partial charge in [0.1, 0.15) is 0 Å². The molecule has 1 aromatic carbocycles. The lowest BCUT2D eigenvalue weighted by molar-refractivity contribution is 0.446. The Balaban J connectivity index is 3.35. The molecule has 0 fully saturated rings. The molecule has 0 amide bonds. The van der Waals surface area contributed by atoms with Gasteiger partial charge in [0.05, 0.1) is 0 Å². The minimum atomic E-state index is -1.50. The summed E-state index contributed by atoms with van der Waals surface area (Å²) < 4.78 is 36.9. The standard InChI is InChI=1S/C8H3F3/c1-2-5-3-6(9)8(11)7(10)4-5/h1,3-4H. The van der Waals surface area contributed by atoms with Crippen molar-refractivity contribution in [2.45, 2.75) is 0 Å². The van der Waals surface area contributed by atoms with Gasteiger partial charge in [-0.25, -0.2) is 13.2 Å². The Morgan fingerprint density at radius 2 is 1.55 bits per heavy atom. The molecule has 0 N–H and O–H groups in total. The van der Waals surface area contributed by atoms with Crippen molar-refractivity contribution in [1.82, 2.24) is 0 Å². The molecule has 0 aromatic heterocycles. The largest absolute Gasteiger partial charge is 0.204 e. The first-order valence-corrected chi connectivity index (χ1v) is 2.76. The van der Waals surface area contributed by atoms with Crippen LogP contribution in [0.3, 0.4) is 0 Å². The lowest BCUT2D eigenvalue weighted by Crippen LogP contribution is -1.91. The summed E-state index contributed by atoms with van der Waals surface area (Å²) in [6, 6.07) is 1.52. The molecule has 0 bridgehead atoms. The van der Waals surface area contributed by atoms with Gasteiger partial charge in [0.25, 0.3) is 0 Å². The number of halogens is 3. The van der Waals surface area contributed by atoms with Gasteiger partial charge in [-0.3, -0.25) is 0 Å². The molecule has 0 atom stereocenters. The molecule has 11 heavy (non-hydrogen) atoms. The second-order valence-corrected chi connectivity index (χ2v) is 1.90. The van der Waals surface area contributed by atoms with Gasteiger partial charge in [-0.1, -0.05) is 5.92 Å². The summed E-state index contributed by atoms with van der Waals surface area (Å²) in [6.07, 6.45) is 4.83. The Kier molecular flexibility index (Phi) is 1.86. The highest BCUT2D eigenvalue weighted by atomic mass is 19.2. The fourth-order valence-electron chi connectivity index (χ4n) is 0.639. The van der Waals surface area contributed by atoms with Crippen molar-refractivity contribution >= 4 is 0 Å². The maximum absolute atomic E-state index is 12.3. The van der Waals surface area contributed by atoms with Crippen LogP contribution in [-0.2, 0) is 0 Å². The fourth-order valence-corrected chi connectivity index (χ4v) is 0.639. The first-order valence-electron chi connectivity index (χ1n) is 2.76. The number of benzene rings is 1. The van der Waals surface area contributed by atoms with Gasteiger partial charge in [0.2, 0.25) is 0 Å².